The largest absolute Gasteiger partial charge is 0.330 e. The third-order valence-electron chi connectivity index (χ3n) is 2.53. The summed E-state index contributed by atoms with van der Waals surface area (Å²) in [6.07, 6.45) is 1.29. The first-order chi connectivity index (χ1) is 5.03. The van der Waals surface area contributed by atoms with E-state index in [1.165, 1.54) is 19.5 Å². The number of rotatable bonds is 3. The van der Waals surface area contributed by atoms with Crippen LogP contribution in [-0.4, -0.2) is 31.6 Å². The van der Waals surface area contributed by atoms with E-state index in [2.05, 4.69) is 25.8 Å². The Morgan fingerprint density at radius 1 is 1.45 bits per heavy atom. The zero-order valence-corrected chi connectivity index (χ0v) is 7.93. The lowest BCUT2D eigenvalue weighted by Gasteiger charge is -2.40. The van der Waals surface area contributed by atoms with Crippen molar-refractivity contribution < 1.29 is 0 Å². The monoisotopic (exact) mass is 156 g/mol. The van der Waals surface area contributed by atoms with Crippen LogP contribution >= 0.6 is 0 Å². The lowest BCUT2D eigenvalue weighted by atomic mass is 9.80. The summed E-state index contributed by atoms with van der Waals surface area (Å²) in [5.74, 6) is 0.901. The summed E-state index contributed by atoms with van der Waals surface area (Å²) in [6.45, 7) is 7.86. The van der Waals surface area contributed by atoms with E-state index in [0.29, 0.717) is 5.41 Å². The molecule has 1 aliphatic rings. The van der Waals surface area contributed by atoms with Crippen LogP contribution in [-0.2, 0) is 0 Å². The Labute approximate surface area is 69.8 Å². The zero-order chi connectivity index (χ0) is 8.48. The molecule has 0 radical (unpaired) electrons. The maximum atomic E-state index is 5.65. The molecule has 0 aromatic rings. The zero-order valence-electron chi connectivity index (χ0n) is 7.93. The normalized spacial score (nSPS) is 21.8. The highest BCUT2D eigenvalue weighted by atomic mass is 15.2. The van der Waals surface area contributed by atoms with Crippen molar-refractivity contribution in [2.45, 2.75) is 20.3 Å². The Balaban J connectivity index is 2.21. The topological polar surface area (TPSA) is 29.3 Å². The Morgan fingerprint density at radius 2 is 2.00 bits per heavy atom. The smallest absolute Gasteiger partial charge is 0.00192 e. The quantitative estimate of drug-likeness (QED) is 0.658. The standard InChI is InChI=1S/C9H20N2/c1-9(2,7-10)4-8-5-11(3)6-8/h8H,4-7,10H2,1-3H3. The SMILES string of the molecule is CN1CC(CC(C)(C)CN)C1. The lowest BCUT2D eigenvalue weighted by molar-refractivity contribution is 0.0924. The lowest BCUT2D eigenvalue weighted by Crippen LogP contribution is -2.46. The average molecular weight is 156 g/mol. The highest BCUT2D eigenvalue weighted by molar-refractivity contribution is 4.83. The van der Waals surface area contributed by atoms with Crippen LogP contribution < -0.4 is 5.73 Å². The van der Waals surface area contributed by atoms with E-state index in [1.807, 2.05) is 0 Å². The number of likely N-dealkylation sites (tertiary alicyclic amines) is 1. The van der Waals surface area contributed by atoms with E-state index in [0.717, 1.165) is 12.5 Å². The van der Waals surface area contributed by atoms with Gasteiger partial charge in [-0.05, 0) is 31.3 Å². The van der Waals surface area contributed by atoms with Gasteiger partial charge in [0.2, 0.25) is 0 Å². The third-order valence-corrected chi connectivity index (χ3v) is 2.53. The second-order valence-electron chi connectivity index (χ2n) is 4.66. The van der Waals surface area contributed by atoms with E-state index >= 15 is 0 Å². The molecule has 0 spiro atoms. The fourth-order valence-electron chi connectivity index (χ4n) is 1.82. The Kier molecular flexibility index (Phi) is 2.55. The molecule has 2 nitrogen and oxygen atoms in total. The van der Waals surface area contributed by atoms with Gasteiger partial charge in [0, 0.05) is 13.1 Å². The number of nitrogens with two attached hydrogens (primary N) is 1. The van der Waals surface area contributed by atoms with Gasteiger partial charge in [0.25, 0.3) is 0 Å². The molecule has 0 saturated carbocycles. The van der Waals surface area contributed by atoms with Gasteiger partial charge in [-0.25, -0.2) is 0 Å². The minimum atomic E-state index is 0.353. The van der Waals surface area contributed by atoms with Gasteiger partial charge in [-0.3, -0.25) is 0 Å². The maximum absolute atomic E-state index is 5.65. The molecule has 66 valence electrons. The molecule has 1 heterocycles. The summed E-state index contributed by atoms with van der Waals surface area (Å²) in [6, 6.07) is 0. The molecule has 1 rings (SSSR count). The van der Waals surface area contributed by atoms with Crippen LogP contribution in [0.4, 0.5) is 0 Å². The van der Waals surface area contributed by atoms with Gasteiger partial charge in [0.1, 0.15) is 0 Å². The van der Waals surface area contributed by atoms with E-state index in [9.17, 15) is 0 Å². The molecule has 1 aliphatic heterocycles. The summed E-state index contributed by atoms with van der Waals surface area (Å²) in [4.78, 5) is 2.36. The van der Waals surface area contributed by atoms with Gasteiger partial charge in [0.05, 0.1) is 0 Å². The molecule has 0 bridgehead atoms. The van der Waals surface area contributed by atoms with Crippen molar-refractivity contribution in [3.05, 3.63) is 0 Å². The van der Waals surface area contributed by atoms with E-state index < -0.39 is 0 Å². The number of hydrogen-bond donors (Lipinski definition) is 1. The van der Waals surface area contributed by atoms with Crippen molar-refractivity contribution in [3.8, 4) is 0 Å². The van der Waals surface area contributed by atoms with Crippen molar-refractivity contribution in [3.63, 3.8) is 0 Å². The van der Waals surface area contributed by atoms with Crippen LogP contribution in [0.3, 0.4) is 0 Å². The highest BCUT2D eigenvalue weighted by Crippen LogP contribution is 2.28. The molecule has 1 fully saturated rings. The van der Waals surface area contributed by atoms with Crippen LogP contribution in [0.2, 0.25) is 0 Å². The van der Waals surface area contributed by atoms with E-state index in [4.69, 9.17) is 5.73 Å². The molecule has 0 unspecified atom stereocenters. The van der Waals surface area contributed by atoms with Crippen molar-refractivity contribution in [2.75, 3.05) is 26.7 Å². The Morgan fingerprint density at radius 3 is 2.36 bits per heavy atom. The van der Waals surface area contributed by atoms with Crippen LogP contribution in [0.15, 0.2) is 0 Å². The predicted octanol–water partition coefficient (Wildman–Crippen LogP) is 0.923. The van der Waals surface area contributed by atoms with Crippen LogP contribution in [0.5, 0.6) is 0 Å². The summed E-state index contributed by atoms with van der Waals surface area (Å²) in [5.41, 5.74) is 6.01. The van der Waals surface area contributed by atoms with Crippen molar-refractivity contribution >= 4 is 0 Å². The molecule has 2 N–H and O–H groups in total. The fourth-order valence-corrected chi connectivity index (χ4v) is 1.82. The molecule has 0 aliphatic carbocycles. The van der Waals surface area contributed by atoms with Crippen molar-refractivity contribution in [1.29, 1.82) is 0 Å². The Bertz CT molecular complexity index is 126. The summed E-state index contributed by atoms with van der Waals surface area (Å²) < 4.78 is 0. The molecule has 11 heavy (non-hydrogen) atoms. The van der Waals surface area contributed by atoms with Crippen molar-refractivity contribution in [2.24, 2.45) is 17.1 Å². The maximum Gasteiger partial charge on any atom is 0.00192 e. The predicted molar refractivity (Wildman–Crippen MR) is 48.4 cm³/mol. The van der Waals surface area contributed by atoms with E-state index in [1.54, 1.807) is 0 Å². The number of nitrogens with zero attached hydrogens (tertiary/aromatic N) is 1. The van der Waals surface area contributed by atoms with Gasteiger partial charge in [0.15, 0.2) is 0 Å². The second-order valence-corrected chi connectivity index (χ2v) is 4.66. The second kappa shape index (κ2) is 3.11. The summed E-state index contributed by atoms with van der Waals surface area (Å²) in [7, 11) is 2.17. The first-order valence-electron chi connectivity index (χ1n) is 4.42. The first-order valence-corrected chi connectivity index (χ1v) is 4.42. The molecule has 0 aromatic carbocycles. The van der Waals surface area contributed by atoms with Crippen LogP contribution in [0.1, 0.15) is 20.3 Å². The molecule has 2 heteroatoms. The fraction of sp³-hybridized carbons (Fsp3) is 1.00. The molecular weight excluding hydrogens is 136 g/mol. The molecule has 0 amide bonds. The average Bonchev–Trinajstić information content (AvgIpc) is 1.84. The van der Waals surface area contributed by atoms with Gasteiger partial charge in [-0.15, -0.1) is 0 Å². The molecular formula is C9H20N2. The molecule has 0 aromatic heterocycles. The van der Waals surface area contributed by atoms with Gasteiger partial charge in [-0.1, -0.05) is 13.8 Å². The highest BCUT2D eigenvalue weighted by Gasteiger charge is 2.29. The van der Waals surface area contributed by atoms with Gasteiger partial charge < -0.3 is 10.6 Å². The molecule has 0 atom stereocenters. The first kappa shape index (κ1) is 9.01. The summed E-state index contributed by atoms with van der Waals surface area (Å²) in [5, 5.41) is 0. The van der Waals surface area contributed by atoms with Crippen molar-refractivity contribution in [1.82, 2.24) is 4.90 Å². The van der Waals surface area contributed by atoms with Gasteiger partial charge in [-0.2, -0.15) is 0 Å². The van der Waals surface area contributed by atoms with Crippen LogP contribution in [0, 0.1) is 11.3 Å². The Hall–Kier alpha value is -0.0800. The van der Waals surface area contributed by atoms with E-state index in [-0.39, 0.29) is 0 Å². The van der Waals surface area contributed by atoms with Crippen LogP contribution in [0.25, 0.3) is 0 Å². The van der Waals surface area contributed by atoms with Gasteiger partial charge >= 0.3 is 0 Å². The third kappa shape index (κ3) is 2.46. The summed E-state index contributed by atoms with van der Waals surface area (Å²) >= 11 is 0. The minimum absolute atomic E-state index is 0.353. The number of hydrogen-bond acceptors (Lipinski definition) is 2. The molecule has 1 saturated heterocycles. The minimum Gasteiger partial charge on any atom is -0.330 e.